The zero-order valence-electron chi connectivity index (χ0n) is 9.41. The van der Waals surface area contributed by atoms with Crippen molar-refractivity contribution in [2.45, 2.75) is 17.8 Å². The van der Waals surface area contributed by atoms with Crippen molar-refractivity contribution < 1.29 is 14.4 Å². The summed E-state index contributed by atoms with van der Waals surface area (Å²) in [6, 6.07) is 1.83. The van der Waals surface area contributed by atoms with Crippen molar-refractivity contribution in [2.75, 3.05) is 11.1 Å². The number of nitrogens with one attached hydrogen (secondary N) is 1. The second-order valence-electron chi connectivity index (χ2n) is 3.34. The first-order valence-electron chi connectivity index (χ1n) is 4.97. The van der Waals surface area contributed by atoms with E-state index in [4.69, 9.17) is 9.63 Å². The van der Waals surface area contributed by atoms with Crippen molar-refractivity contribution in [3.8, 4) is 0 Å². The lowest BCUT2D eigenvalue weighted by molar-refractivity contribution is -0.133. The summed E-state index contributed by atoms with van der Waals surface area (Å²) in [4.78, 5) is 10.4. The summed E-state index contributed by atoms with van der Waals surface area (Å²) in [7, 11) is 0. The van der Waals surface area contributed by atoms with E-state index in [0.29, 0.717) is 21.8 Å². The molecule has 2 rings (SSSR count). The van der Waals surface area contributed by atoms with Gasteiger partial charge in [0.15, 0.2) is 10.1 Å². The maximum absolute atomic E-state index is 10.4. The van der Waals surface area contributed by atoms with E-state index in [-0.39, 0.29) is 5.75 Å². The molecular formula is C9H10N4O3S2. The maximum Gasteiger partial charge on any atom is 0.313 e. The van der Waals surface area contributed by atoms with Gasteiger partial charge >= 0.3 is 5.97 Å². The molecule has 0 aliphatic rings. The Morgan fingerprint density at radius 3 is 3.11 bits per heavy atom. The first-order valence-corrected chi connectivity index (χ1v) is 6.78. The lowest BCUT2D eigenvalue weighted by atomic mass is 10.4. The summed E-state index contributed by atoms with van der Waals surface area (Å²) < 4.78 is 5.65. The van der Waals surface area contributed by atoms with Crippen molar-refractivity contribution in [1.29, 1.82) is 0 Å². The molecule has 0 aromatic carbocycles. The Balaban J connectivity index is 1.84. The van der Waals surface area contributed by atoms with E-state index in [1.165, 1.54) is 11.3 Å². The van der Waals surface area contributed by atoms with Gasteiger partial charge in [-0.05, 0) is 6.92 Å². The van der Waals surface area contributed by atoms with Gasteiger partial charge in [0.05, 0.1) is 18.0 Å². The standard InChI is InChI=1S/C9H10N4O3S2/c1-5-2-6(16-13-5)3-10-8-11-12-9(18-8)17-4-7(14)15/h2H,3-4H2,1H3,(H,10,11)(H,14,15). The SMILES string of the molecule is Cc1cc(CNc2nnc(SCC(=O)O)s2)on1. The highest BCUT2D eigenvalue weighted by atomic mass is 32.2. The highest BCUT2D eigenvalue weighted by Gasteiger charge is 2.07. The number of hydrogen-bond donors (Lipinski definition) is 2. The van der Waals surface area contributed by atoms with Crippen LogP contribution in [0.15, 0.2) is 14.9 Å². The largest absolute Gasteiger partial charge is 0.481 e. The van der Waals surface area contributed by atoms with Gasteiger partial charge in [-0.1, -0.05) is 28.3 Å². The number of carboxylic acids is 1. The van der Waals surface area contributed by atoms with Gasteiger partial charge in [-0.3, -0.25) is 4.79 Å². The first-order chi connectivity index (χ1) is 8.63. The average Bonchev–Trinajstić information content (AvgIpc) is 2.93. The van der Waals surface area contributed by atoms with Crippen molar-refractivity contribution in [3.05, 3.63) is 17.5 Å². The molecule has 0 aliphatic carbocycles. The topological polar surface area (TPSA) is 101 Å². The molecule has 2 N–H and O–H groups in total. The average molecular weight is 286 g/mol. The predicted octanol–water partition coefficient (Wildman–Crippen LogP) is 1.62. The molecule has 0 atom stereocenters. The van der Waals surface area contributed by atoms with E-state index >= 15 is 0 Å². The minimum absolute atomic E-state index is 0.0179. The van der Waals surface area contributed by atoms with Crippen LogP contribution in [0.5, 0.6) is 0 Å². The molecule has 96 valence electrons. The van der Waals surface area contributed by atoms with Gasteiger partial charge in [-0.25, -0.2) is 0 Å². The second kappa shape index (κ2) is 5.83. The fourth-order valence-corrected chi connectivity index (χ4v) is 2.59. The fourth-order valence-electron chi connectivity index (χ4n) is 1.13. The molecule has 0 spiro atoms. The number of thioether (sulfide) groups is 1. The Morgan fingerprint density at radius 1 is 1.61 bits per heavy atom. The van der Waals surface area contributed by atoms with Crippen LogP contribution in [0, 0.1) is 6.92 Å². The van der Waals surface area contributed by atoms with Crippen LogP contribution in [0.2, 0.25) is 0 Å². The van der Waals surface area contributed by atoms with Crippen molar-refractivity contribution >= 4 is 34.2 Å². The number of aliphatic carboxylic acids is 1. The molecule has 2 aromatic heterocycles. The summed E-state index contributed by atoms with van der Waals surface area (Å²) in [5.41, 5.74) is 0.821. The molecule has 0 bridgehead atoms. The Labute approximate surface area is 111 Å². The minimum atomic E-state index is -0.873. The molecule has 0 radical (unpaired) electrons. The van der Waals surface area contributed by atoms with Crippen LogP contribution in [0.1, 0.15) is 11.5 Å². The van der Waals surface area contributed by atoms with E-state index in [0.717, 1.165) is 17.5 Å². The second-order valence-corrected chi connectivity index (χ2v) is 5.54. The maximum atomic E-state index is 10.4. The minimum Gasteiger partial charge on any atom is -0.481 e. The Bertz CT molecular complexity index is 539. The highest BCUT2D eigenvalue weighted by molar-refractivity contribution is 8.01. The first kappa shape index (κ1) is 12.8. The number of carboxylic acid groups (broad SMARTS) is 1. The quantitative estimate of drug-likeness (QED) is 0.772. The van der Waals surface area contributed by atoms with Gasteiger partial charge in [0, 0.05) is 6.07 Å². The van der Waals surface area contributed by atoms with E-state index in [1.807, 2.05) is 13.0 Å². The van der Waals surface area contributed by atoms with Crippen LogP contribution in [0.4, 0.5) is 5.13 Å². The predicted molar refractivity (Wildman–Crippen MR) is 66.8 cm³/mol. The molecule has 18 heavy (non-hydrogen) atoms. The number of nitrogens with zero attached hydrogens (tertiary/aromatic N) is 3. The van der Waals surface area contributed by atoms with Crippen LogP contribution in [0.3, 0.4) is 0 Å². The van der Waals surface area contributed by atoms with Crippen molar-refractivity contribution in [3.63, 3.8) is 0 Å². The Kier molecular flexibility index (Phi) is 4.15. The third-order valence-electron chi connectivity index (χ3n) is 1.82. The van der Waals surface area contributed by atoms with Crippen LogP contribution < -0.4 is 5.32 Å². The molecule has 0 amide bonds. The smallest absolute Gasteiger partial charge is 0.313 e. The molecule has 0 saturated heterocycles. The molecule has 7 nitrogen and oxygen atoms in total. The number of carbonyl (C=O) groups is 1. The number of aryl methyl sites for hydroxylation is 1. The van der Waals surface area contributed by atoms with Crippen molar-refractivity contribution in [1.82, 2.24) is 15.4 Å². The van der Waals surface area contributed by atoms with E-state index < -0.39 is 5.97 Å². The summed E-state index contributed by atoms with van der Waals surface area (Å²) in [5, 5.41) is 23.7. The number of hydrogen-bond acceptors (Lipinski definition) is 8. The van der Waals surface area contributed by atoms with Crippen LogP contribution in [0.25, 0.3) is 0 Å². The van der Waals surface area contributed by atoms with Crippen LogP contribution in [-0.2, 0) is 11.3 Å². The third-order valence-corrected chi connectivity index (χ3v) is 3.82. The molecule has 2 heterocycles. The normalized spacial score (nSPS) is 10.5. The number of aromatic nitrogens is 3. The highest BCUT2D eigenvalue weighted by Crippen LogP contribution is 2.25. The lowest BCUT2D eigenvalue weighted by Crippen LogP contribution is -1.97. The molecule has 0 saturated carbocycles. The van der Waals surface area contributed by atoms with E-state index in [9.17, 15) is 4.79 Å². The molecule has 0 unspecified atom stereocenters. The van der Waals surface area contributed by atoms with Gasteiger partial charge in [-0.15, -0.1) is 10.2 Å². The zero-order chi connectivity index (χ0) is 13.0. The number of rotatable bonds is 6. The van der Waals surface area contributed by atoms with Gasteiger partial charge in [0.2, 0.25) is 5.13 Å². The van der Waals surface area contributed by atoms with E-state index in [2.05, 4.69) is 20.7 Å². The van der Waals surface area contributed by atoms with Crippen molar-refractivity contribution in [2.24, 2.45) is 0 Å². The van der Waals surface area contributed by atoms with Gasteiger partial charge < -0.3 is 14.9 Å². The Morgan fingerprint density at radius 2 is 2.44 bits per heavy atom. The summed E-state index contributed by atoms with van der Waals surface area (Å²) in [6.45, 7) is 2.32. The monoisotopic (exact) mass is 286 g/mol. The molecule has 2 aromatic rings. The molecular weight excluding hydrogens is 276 g/mol. The number of anilines is 1. The van der Waals surface area contributed by atoms with Gasteiger partial charge in [0.1, 0.15) is 0 Å². The van der Waals surface area contributed by atoms with Gasteiger partial charge in [0.25, 0.3) is 0 Å². The van der Waals surface area contributed by atoms with Crippen LogP contribution in [-0.4, -0.2) is 32.2 Å². The molecule has 0 aliphatic heterocycles. The van der Waals surface area contributed by atoms with Gasteiger partial charge in [-0.2, -0.15) is 0 Å². The summed E-state index contributed by atoms with van der Waals surface area (Å²) in [6.07, 6.45) is 0. The Hall–Kier alpha value is -1.61. The summed E-state index contributed by atoms with van der Waals surface area (Å²) in [5.74, 6) is -0.181. The van der Waals surface area contributed by atoms with E-state index in [1.54, 1.807) is 0 Å². The summed E-state index contributed by atoms with van der Waals surface area (Å²) >= 11 is 2.45. The lowest BCUT2D eigenvalue weighted by Gasteiger charge is -1.95. The fraction of sp³-hybridized carbons (Fsp3) is 0.333. The zero-order valence-corrected chi connectivity index (χ0v) is 11.0. The third kappa shape index (κ3) is 3.70. The molecule has 9 heteroatoms. The molecule has 0 fully saturated rings. The van der Waals surface area contributed by atoms with Crippen LogP contribution >= 0.6 is 23.1 Å².